The Balaban J connectivity index is 1.55. The van der Waals surface area contributed by atoms with Crippen molar-refractivity contribution >= 4 is 5.95 Å². The van der Waals surface area contributed by atoms with Crippen LogP contribution in [-0.2, 0) is 0 Å². The van der Waals surface area contributed by atoms with Crippen molar-refractivity contribution in [3.8, 4) is 11.5 Å². The predicted molar refractivity (Wildman–Crippen MR) is 88.0 cm³/mol. The predicted octanol–water partition coefficient (Wildman–Crippen LogP) is 3.11. The van der Waals surface area contributed by atoms with Crippen molar-refractivity contribution in [3.05, 3.63) is 30.3 Å². The molecule has 2 aromatic rings. The van der Waals surface area contributed by atoms with Gasteiger partial charge in [0.2, 0.25) is 0 Å². The van der Waals surface area contributed by atoms with E-state index in [1.54, 1.807) is 0 Å². The molecule has 0 unspecified atom stereocenters. The topological polar surface area (TPSA) is 62.4 Å². The Morgan fingerprint density at radius 3 is 2.91 bits per heavy atom. The Bertz CT molecular complexity index is 672. The SMILES string of the molecule is CC[C@]1(O)CCC[C@H]2CN(c3noc(-c4ccccc4)n3)C[C@H]21. The Hall–Kier alpha value is -1.88. The third-order valence-corrected chi connectivity index (χ3v) is 5.65. The fourth-order valence-corrected chi connectivity index (χ4v) is 4.27. The van der Waals surface area contributed by atoms with Crippen molar-refractivity contribution in [2.75, 3.05) is 18.0 Å². The van der Waals surface area contributed by atoms with Crippen molar-refractivity contribution in [2.24, 2.45) is 11.8 Å². The smallest absolute Gasteiger partial charge is 0.266 e. The third-order valence-electron chi connectivity index (χ3n) is 5.65. The minimum Gasteiger partial charge on any atom is -0.390 e. The number of hydrogen-bond donors (Lipinski definition) is 1. The zero-order valence-electron chi connectivity index (χ0n) is 13.5. The van der Waals surface area contributed by atoms with E-state index < -0.39 is 5.60 Å². The first-order valence-corrected chi connectivity index (χ1v) is 8.56. The monoisotopic (exact) mass is 313 g/mol. The number of rotatable bonds is 3. The molecule has 4 rings (SSSR count). The zero-order valence-corrected chi connectivity index (χ0v) is 13.5. The molecule has 0 amide bonds. The van der Waals surface area contributed by atoms with E-state index in [0.29, 0.717) is 23.7 Å². The molecule has 5 heteroatoms. The van der Waals surface area contributed by atoms with Crippen LogP contribution in [0.2, 0.25) is 0 Å². The summed E-state index contributed by atoms with van der Waals surface area (Å²) in [6.07, 6.45) is 4.04. The molecule has 3 atom stereocenters. The Labute approximate surface area is 136 Å². The van der Waals surface area contributed by atoms with E-state index in [0.717, 1.165) is 37.9 Å². The maximum Gasteiger partial charge on any atom is 0.266 e. The van der Waals surface area contributed by atoms with E-state index in [1.807, 2.05) is 30.3 Å². The van der Waals surface area contributed by atoms with E-state index in [9.17, 15) is 5.11 Å². The molecule has 23 heavy (non-hydrogen) atoms. The zero-order chi connectivity index (χ0) is 15.9. The molecule has 2 fully saturated rings. The lowest BCUT2D eigenvalue weighted by Crippen LogP contribution is -2.44. The third kappa shape index (κ3) is 2.53. The molecule has 2 aliphatic rings. The second-order valence-corrected chi connectivity index (χ2v) is 6.89. The molecule has 0 bridgehead atoms. The molecular weight excluding hydrogens is 290 g/mol. The fraction of sp³-hybridized carbons (Fsp3) is 0.556. The van der Waals surface area contributed by atoms with Crippen LogP contribution < -0.4 is 4.90 Å². The number of fused-ring (bicyclic) bond motifs is 1. The molecule has 1 N–H and O–H groups in total. The van der Waals surface area contributed by atoms with Gasteiger partial charge < -0.3 is 14.5 Å². The summed E-state index contributed by atoms with van der Waals surface area (Å²) in [7, 11) is 0. The lowest BCUT2D eigenvalue weighted by molar-refractivity contribution is -0.0597. The van der Waals surface area contributed by atoms with Crippen LogP contribution in [-0.4, -0.2) is 33.9 Å². The van der Waals surface area contributed by atoms with Crippen LogP contribution in [0.5, 0.6) is 0 Å². The number of benzene rings is 1. The average molecular weight is 313 g/mol. The first kappa shape index (κ1) is 14.7. The van der Waals surface area contributed by atoms with Gasteiger partial charge in [-0.25, -0.2) is 0 Å². The molecule has 122 valence electrons. The molecule has 5 nitrogen and oxygen atoms in total. The summed E-state index contributed by atoms with van der Waals surface area (Å²) < 4.78 is 5.43. The molecule has 1 aromatic carbocycles. The van der Waals surface area contributed by atoms with Crippen molar-refractivity contribution in [2.45, 2.75) is 38.2 Å². The lowest BCUT2D eigenvalue weighted by Gasteiger charge is -2.40. The van der Waals surface area contributed by atoms with E-state index >= 15 is 0 Å². The Morgan fingerprint density at radius 1 is 1.30 bits per heavy atom. The van der Waals surface area contributed by atoms with Crippen LogP contribution in [0.1, 0.15) is 32.6 Å². The van der Waals surface area contributed by atoms with Gasteiger partial charge in [-0.3, -0.25) is 0 Å². The molecule has 1 aromatic heterocycles. The van der Waals surface area contributed by atoms with Crippen molar-refractivity contribution in [1.29, 1.82) is 0 Å². The van der Waals surface area contributed by atoms with E-state index in [-0.39, 0.29) is 0 Å². The summed E-state index contributed by atoms with van der Waals surface area (Å²) in [6, 6.07) is 9.83. The number of aliphatic hydroxyl groups is 1. The highest BCUT2D eigenvalue weighted by Gasteiger charge is 2.48. The minimum atomic E-state index is -0.524. The Morgan fingerprint density at radius 2 is 2.13 bits per heavy atom. The quantitative estimate of drug-likeness (QED) is 0.943. The summed E-state index contributed by atoms with van der Waals surface area (Å²) in [6.45, 7) is 3.83. The van der Waals surface area contributed by atoms with Crippen molar-refractivity contribution in [3.63, 3.8) is 0 Å². The first-order chi connectivity index (χ1) is 11.2. The van der Waals surface area contributed by atoms with Gasteiger partial charge in [-0.2, -0.15) is 4.98 Å². The molecule has 0 spiro atoms. The molecule has 0 radical (unpaired) electrons. The molecular formula is C18H23N3O2. The number of nitrogens with zero attached hydrogens (tertiary/aromatic N) is 3. The minimum absolute atomic E-state index is 0.319. The van der Waals surface area contributed by atoms with Crippen molar-refractivity contribution < 1.29 is 9.63 Å². The van der Waals surface area contributed by atoms with Gasteiger partial charge in [-0.15, -0.1) is 0 Å². The normalized spacial score (nSPS) is 30.4. The maximum atomic E-state index is 10.9. The molecule has 1 saturated heterocycles. The number of aromatic nitrogens is 2. The largest absolute Gasteiger partial charge is 0.390 e. The maximum absolute atomic E-state index is 10.9. The second-order valence-electron chi connectivity index (χ2n) is 6.89. The van der Waals surface area contributed by atoms with Crippen LogP contribution in [0.3, 0.4) is 0 Å². The summed E-state index contributed by atoms with van der Waals surface area (Å²) in [5.74, 6) is 2.06. The standard InChI is InChI=1S/C18H23N3O2/c1-2-18(22)10-6-9-14-11-21(12-15(14)18)17-19-16(23-20-17)13-7-4-3-5-8-13/h3-5,7-8,14-15,22H,2,6,9-12H2,1H3/t14-,15+,18-/m0/s1. The van der Waals surface area contributed by atoms with Crippen LogP contribution >= 0.6 is 0 Å². The lowest BCUT2D eigenvalue weighted by atomic mass is 9.69. The molecule has 2 heterocycles. The summed E-state index contributed by atoms with van der Waals surface area (Å²) in [5, 5.41) is 15.1. The fourth-order valence-electron chi connectivity index (χ4n) is 4.27. The Kier molecular flexibility index (Phi) is 3.60. The second kappa shape index (κ2) is 5.64. The van der Waals surface area contributed by atoms with Gasteiger partial charge >= 0.3 is 0 Å². The van der Waals surface area contributed by atoms with Gasteiger partial charge in [-0.1, -0.05) is 31.5 Å². The molecule has 1 saturated carbocycles. The van der Waals surface area contributed by atoms with Gasteiger partial charge in [0.1, 0.15) is 0 Å². The number of hydrogen-bond acceptors (Lipinski definition) is 5. The molecule has 1 aliphatic heterocycles. The highest BCUT2D eigenvalue weighted by atomic mass is 16.5. The van der Waals surface area contributed by atoms with Gasteiger partial charge in [-0.05, 0) is 42.5 Å². The summed E-state index contributed by atoms with van der Waals surface area (Å²) in [5.41, 5.74) is 0.414. The van der Waals surface area contributed by atoms with E-state index in [1.165, 1.54) is 6.42 Å². The van der Waals surface area contributed by atoms with E-state index in [2.05, 4.69) is 22.0 Å². The highest BCUT2D eigenvalue weighted by molar-refractivity contribution is 5.54. The average Bonchev–Trinajstić information content (AvgIpc) is 3.23. The molecule has 1 aliphatic carbocycles. The van der Waals surface area contributed by atoms with Gasteiger partial charge in [0.05, 0.1) is 5.60 Å². The van der Waals surface area contributed by atoms with E-state index in [4.69, 9.17) is 4.52 Å². The van der Waals surface area contributed by atoms with Gasteiger partial charge in [0.25, 0.3) is 11.8 Å². The van der Waals surface area contributed by atoms with Crippen LogP contribution in [0, 0.1) is 11.8 Å². The van der Waals surface area contributed by atoms with Crippen LogP contribution in [0.25, 0.3) is 11.5 Å². The van der Waals surface area contributed by atoms with Gasteiger partial charge in [0.15, 0.2) is 0 Å². The van der Waals surface area contributed by atoms with Crippen LogP contribution in [0.15, 0.2) is 34.9 Å². The summed E-state index contributed by atoms with van der Waals surface area (Å²) >= 11 is 0. The summed E-state index contributed by atoms with van der Waals surface area (Å²) in [4.78, 5) is 6.74. The first-order valence-electron chi connectivity index (χ1n) is 8.56. The van der Waals surface area contributed by atoms with Crippen LogP contribution in [0.4, 0.5) is 5.95 Å². The number of anilines is 1. The van der Waals surface area contributed by atoms with Crippen molar-refractivity contribution in [1.82, 2.24) is 10.1 Å². The van der Waals surface area contributed by atoms with Gasteiger partial charge in [0, 0.05) is 24.6 Å². The highest BCUT2D eigenvalue weighted by Crippen LogP contribution is 2.45.